The van der Waals surface area contributed by atoms with Crippen molar-refractivity contribution in [2.24, 2.45) is 4.99 Å². The molecule has 2 heterocycles. The maximum Gasteiger partial charge on any atom is 0.116 e. The molecular weight excluding hydrogens is 241 g/mol. The van der Waals surface area contributed by atoms with Crippen molar-refractivity contribution in [3.8, 4) is 0 Å². The average Bonchev–Trinajstić information content (AvgIpc) is 2.04. The fraction of sp³-hybridized carbons (Fsp3) is 0.222. The second-order valence-electron chi connectivity index (χ2n) is 2.77. The Morgan fingerprint density at radius 3 is 3.08 bits per heavy atom. The molecule has 13 heavy (non-hydrogen) atoms. The van der Waals surface area contributed by atoms with Crippen LogP contribution in [0.15, 0.2) is 17.3 Å². The molecule has 1 aromatic heterocycles. The number of nitrogens with zero attached hydrogens (tertiary/aromatic N) is 2. The minimum Gasteiger partial charge on any atom is -0.392 e. The van der Waals surface area contributed by atoms with Crippen LogP contribution in [0.5, 0.6) is 0 Å². The van der Waals surface area contributed by atoms with Crippen LogP contribution in [-0.2, 0) is 32.7 Å². The van der Waals surface area contributed by atoms with Crippen LogP contribution in [0.2, 0.25) is 0 Å². The van der Waals surface area contributed by atoms with E-state index >= 15 is 0 Å². The predicted octanol–water partition coefficient (Wildman–Crippen LogP) is 1.56. The fourth-order valence-corrected chi connectivity index (χ4v) is 1.22. The molecule has 0 saturated carbocycles. The molecule has 0 saturated heterocycles. The molecule has 0 unspecified atom stereocenters. The van der Waals surface area contributed by atoms with Crippen LogP contribution in [0.25, 0.3) is 0 Å². The van der Waals surface area contributed by atoms with Crippen LogP contribution in [0, 0.1) is 6.20 Å². The molecule has 0 fully saturated rings. The number of Topliss-reactive ketones (excluding diaryl/α,β-unsaturated/α-hetero) is 1. The molecule has 1 aliphatic rings. The van der Waals surface area contributed by atoms with E-state index in [1.54, 1.807) is 12.3 Å². The van der Waals surface area contributed by atoms with Crippen molar-refractivity contribution >= 4 is 17.2 Å². The van der Waals surface area contributed by atoms with Gasteiger partial charge in [0.25, 0.3) is 0 Å². The molecule has 4 heteroatoms. The monoisotopic (exact) mass is 248 g/mol. The minimum atomic E-state index is 0. The summed E-state index contributed by atoms with van der Waals surface area (Å²) >= 11 is 0. The number of hydrogen-bond acceptors (Lipinski definition) is 3. The smallest absolute Gasteiger partial charge is 0.116 e. The van der Waals surface area contributed by atoms with E-state index in [0.29, 0.717) is 17.7 Å². The van der Waals surface area contributed by atoms with E-state index in [4.69, 9.17) is 0 Å². The van der Waals surface area contributed by atoms with Gasteiger partial charge < -0.3 is 9.78 Å². The summed E-state index contributed by atoms with van der Waals surface area (Å²) in [5.41, 5.74) is 2.04. The number of carbonyl (C=O) groups is 1. The van der Waals surface area contributed by atoms with Crippen LogP contribution >= 0.6 is 0 Å². The maximum atomic E-state index is 11.4. The van der Waals surface area contributed by atoms with E-state index in [0.717, 1.165) is 5.71 Å². The van der Waals surface area contributed by atoms with Crippen LogP contribution < -0.4 is 0 Å². The number of hydrogen-bond donors (Lipinski definition) is 0. The maximum absolute atomic E-state index is 11.4. The van der Waals surface area contributed by atoms with E-state index in [2.05, 4.69) is 16.2 Å². The third kappa shape index (κ3) is 2.09. The Morgan fingerprint density at radius 1 is 1.54 bits per heavy atom. The zero-order valence-electron chi connectivity index (χ0n) is 7.24. The molecule has 0 amide bonds. The molecule has 0 N–H and O–H groups in total. The third-order valence-corrected chi connectivity index (χ3v) is 1.76. The van der Waals surface area contributed by atoms with Gasteiger partial charge in [0.2, 0.25) is 0 Å². The Bertz CT molecular complexity index is 374. The predicted molar refractivity (Wildman–Crippen MR) is 44.8 cm³/mol. The molecule has 2 rings (SSSR count). The van der Waals surface area contributed by atoms with Crippen LogP contribution in [0.1, 0.15) is 23.7 Å². The van der Waals surface area contributed by atoms with Crippen molar-refractivity contribution in [3.63, 3.8) is 0 Å². The molecule has 3 nitrogen and oxygen atoms in total. The van der Waals surface area contributed by atoms with Gasteiger partial charge in [0.05, 0.1) is 0 Å². The Morgan fingerprint density at radius 2 is 2.31 bits per heavy atom. The van der Waals surface area contributed by atoms with Crippen LogP contribution in [-0.4, -0.2) is 16.5 Å². The summed E-state index contributed by atoms with van der Waals surface area (Å²) < 4.78 is 0. The molecule has 0 aliphatic carbocycles. The van der Waals surface area contributed by atoms with E-state index in [9.17, 15) is 4.79 Å². The van der Waals surface area contributed by atoms with Crippen molar-refractivity contribution in [1.82, 2.24) is 4.98 Å². The Kier molecular flexibility index (Phi) is 3.45. The van der Waals surface area contributed by atoms with Gasteiger partial charge in [0.1, 0.15) is 5.78 Å². The van der Waals surface area contributed by atoms with Gasteiger partial charge in [-0.1, -0.05) is 18.0 Å². The van der Waals surface area contributed by atoms with Crippen molar-refractivity contribution in [2.75, 3.05) is 0 Å². The van der Waals surface area contributed by atoms with Gasteiger partial charge in [-0.15, -0.1) is 6.07 Å². The van der Waals surface area contributed by atoms with E-state index in [-0.39, 0.29) is 38.5 Å². The van der Waals surface area contributed by atoms with E-state index < -0.39 is 0 Å². The first kappa shape index (κ1) is 10.7. The molecule has 0 bridgehead atoms. The van der Waals surface area contributed by atoms with Gasteiger partial charge in [-0.25, -0.2) is 0 Å². The second kappa shape index (κ2) is 4.20. The summed E-state index contributed by atoms with van der Waals surface area (Å²) in [7, 11) is 0. The van der Waals surface area contributed by atoms with Gasteiger partial charge >= 0.3 is 0 Å². The van der Waals surface area contributed by atoms with E-state index in [1.807, 2.05) is 6.92 Å². The summed E-state index contributed by atoms with van der Waals surface area (Å²) in [6.07, 6.45) is 4.68. The molecule has 1 aromatic rings. The number of aliphatic imine (C=N–C) groups is 1. The van der Waals surface area contributed by atoms with E-state index in [1.165, 1.54) is 0 Å². The van der Waals surface area contributed by atoms with Crippen molar-refractivity contribution in [1.29, 1.82) is 0 Å². The zero-order chi connectivity index (χ0) is 8.55. The van der Waals surface area contributed by atoms with Crippen LogP contribution in [0.4, 0.5) is 5.69 Å². The molecule has 0 aromatic carbocycles. The van der Waals surface area contributed by atoms with Crippen molar-refractivity contribution in [3.05, 3.63) is 24.0 Å². The molecule has 1 radical (unpaired) electrons. The standard InChI is InChI=1S/C9H7N2O.Y/c1-6-4-9(12)7-2-3-10-5-8(7)11-6;/h2-3H,4H2,1H3;/q-1;. The Labute approximate surface area is 102 Å². The Balaban J connectivity index is 0.000000845. The van der Waals surface area contributed by atoms with Crippen LogP contribution in [0.3, 0.4) is 0 Å². The minimum absolute atomic E-state index is 0. The van der Waals surface area contributed by atoms with Crippen molar-refractivity contribution in [2.45, 2.75) is 13.3 Å². The third-order valence-electron chi connectivity index (χ3n) is 1.76. The fourth-order valence-electron chi connectivity index (χ4n) is 1.22. The largest absolute Gasteiger partial charge is 0.392 e. The molecule has 0 atom stereocenters. The number of rotatable bonds is 0. The normalized spacial score (nSPS) is 14.2. The summed E-state index contributed by atoms with van der Waals surface area (Å²) in [5, 5.41) is 0. The molecule has 0 spiro atoms. The van der Waals surface area contributed by atoms with Gasteiger partial charge in [-0.3, -0.25) is 4.99 Å². The first-order valence-electron chi connectivity index (χ1n) is 3.71. The second-order valence-corrected chi connectivity index (χ2v) is 2.77. The van der Waals surface area contributed by atoms with Gasteiger partial charge in [-0.05, 0) is 12.6 Å². The number of carbonyl (C=O) groups excluding carboxylic acids is 1. The quantitative estimate of drug-likeness (QED) is 0.654. The summed E-state index contributed by atoms with van der Waals surface area (Å²) in [5.74, 6) is 0.108. The number of ketones is 1. The van der Waals surface area contributed by atoms with Gasteiger partial charge in [-0.2, -0.15) is 0 Å². The number of pyridine rings is 1. The first-order chi connectivity index (χ1) is 5.77. The summed E-state index contributed by atoms with van der Waals surface area (Å²) in [6.45, 7) is 1.84. The molecule has 63 valence electrons. The van der Waals surface area contributed by atoms with Gasteiger partial charge in [0, 0.05) is 44.8 Å². The van der Waals surface area contributed by atoms with Gasteiger partial charge in [0.15, 0.2) is 0 Å². The first-order valence-corrected chi connectivity index (χ1v) is 3.71. The zero-order valence-corrected chi connectivity index (χ0v) is 10.1. The van der Waals surface area contributed by atoms with Crippen molar-refractivity contribution < 1.29 is 37.5 Å². The topological polar surface area (TPSA) is 42.3 Å². The SMILES string of the molecule is CC1=Nc2[c-]nccc2C(=O)C1.[Y]. The summed E-state index contributed by atoms with van der Waals surface area (Å²) in [6, 6.07) is 1.68. The summed E-state index contributed by atoms with van der Waals surface area (Å²) in [4.78, 5) is 19.3. The number of aromatic nitrogens is 1. The number of fused-ring (bicyclic) bond motifs is 1. The molecular formula is C9H7N2OY-. The molecule has 1 aliphatic heterocycles. The Hall–Kier alpha value is -0.406. The average molecular weight is 248 g/mol.